The topological polar surface area (TPSA) is 30.5 Å². The van der Waals surface area contributed by atoms with E-state index in [2.05, 4.69) is 24.4 Å². The Morgan fingerprint density at radius 2 is 2.06 bits per heavy atom. The van der Waals surface area contributed by atoms with Gasteiger partial charge >= 0.3 is 0 Å². The largest absolute Gasteiger partial charge is 0.349 e. The Bertz CT molecular complexity index is 339. The molecule has 90 valence electrons. The molecule has 0 spiro atoms. The summed E-state index contributed by atoms with van der Waals surface area (Å²) >= 11 is 1.83. The van der Waals surface area contributed by atoms with Gasteiger partial charge in [0.2, 0.25) is 0 Å². The molecule has 1 N–H and O–H groups in total. The number of rotatable bonds is 3. The molecule has 0 atom stereocenters. The van der Waals surface area contributed by atoms with E-state index < -0.39 is 5.79 Å². The summed E-state index contributed by atoms with van der Waals surface area (Å²) in [5, 5.41) is 3.45. The van der Waals surface area contributed by atoms with Crippen LogP contribution in [0.2, 0.25) is 0 Å². The second kappa shape index (κ2) is 4.84. The highest BCUT2D eigenvalue weighted by molar-refractivity contribution is 7.11. The number of nitrogens with one attached hydrogen (secondary N) is 1. The van der Waals surface area contributed by atoms with Crippen LogP contribution in [0.25, 0.3) is 0 Å². The van der Waals surface area contributed by atoms with Crippen molar-refractivity contribution in [2.24, 2.45) is 0 Å². The highest BCUT2D eigenvalue weighted by Crippen LogP contribution is 2.18. The van der Waals surface area contributed by atoms with Crippen molar-refractivity contribution in [3.05, 3.63) is 21.9 Å². The van der Waals surface area contributed by atoms with Gasteiger partial charge in [-0.15, -0.1) is 11.3 Å². The Kier molecular flexibility index (Phi) is 3.64. The molecule has 0 aromatic carbocycles. The molecule has 1 aliphatic heterocycles. The van der Waals surface area contributed by atoms with E-state index in [1.807, 2.05) is 25.2 Å². The zero-order valence-electron chi connectivity index (χ0n) is 10.1. The molecule has 4 heteroatoms. The predicted molar refractivity (Wildman–Crippen MR) is 65.7 cm³/mol. The fourth-order valence-corrected chi connectivity index (χ4v) is 2.48. The predicted octanol–water partition coefficient (Wildman–Crippen LogP) is 2.30. The summed E-state index contributed by atoms with van der Waals surface area (Å²) in [6.07, 6.45) is 0. The molecule has 0 bridgehead atoms. The molecule has 0 unspecified atom stereocenters. The normalized spacial score (nSPS) is 21.2. The van der Waals surface area contributed by atoms with Crippen LogP contribution in [-0.2, 0) is 16.0 Å². The van der Waals surface area contributed by atoms with Gasteiger partial charge in [-0.3, -0.25) is 0 Å². The fourth-order valence-electron chi connectivity index (χ4n) is 1.64. The molecule has 2 heterocycles. The molecule has 0 aliphatic carbocycles. The quantitative estimate of drug-likeness (QED) is 0.881. The van der Waals surface area contributed by atoms with Crippen molar-refractivity contribution < 1.29 is 9.47 Å². The zero-order chi connectivity index (χ0) is 11.6. The van der Waals surface area contributed by atoms with Crippen LogP contribution in [0.3, 0.4) is 0 Å². The van der Waals surface area contributed by atoms with E-state index in [0.29, 0.717) is 6.04 Å². The van der Waals surface area contributed by atoms with Crippen molar-refractivity contribution in [1.29, 1.82) is 0 Å². The number of hydrogen-bond acceptors (Lipinski definition) is 4. The summed E-state index contributed by atoms with van der Waals surface area (Å²) < 4.78 is 11.2. The third-order valence-corrected chi connectivity index (χ3v) is 3.63. The Balaban J connectivity index is 1.75. The van der Waals surface area contributed by atoms with Crippen molar-refractivity contribution in [1.82, 2.24) is 5.32 Å². The number of aryl methyl sites for hydroxylation is 1. The molecule has 3 nitrogen and oxygen atoms in total. The maximum absolute atomic E-state index is 5.59. The lowest BCUT2D eigenvalue weighted by Gasteiger charge is -2.35. The van der Waals surface area contributed by atoms with Gasteiger partial charge in [0.1, 0.15) is 0 Å². The molecule has 1 fully saturated rings. The first-order chi connectivity index (χ1) is 7.55. The van der Waals surface area contributed by atoms with Crippen molar-refractivity contribution >= 4 is 11.3 Å². The van der Waals surface area contributed by atoms with Crippen LogP contribution >= 0.6 is 11.3 Å². The molecule has 0 amide bonds. The minimum absolute atomic E-state index is 0.301. The first-order valence-electron chi connectivity index (χ1n) is 5.62. The Morgan fingerprint density at radius 1 is 1.38 bits per heavy atom. The molecule has 1 aliphatic rings. The molecule has 16 heavy (non-hydrogen) atoms. The van der Waals surface area contributed by atoms with E-state index in [1.54, 1.807) is 0 Å². The van der Waals surface area contributed by atoms with Gasteiger partial charge in [-0.1, -0.05) is 0 Å². The smallest absolute Gasteiger partial charge is 0.162 e. The van der Waals surface area contributed by atoms with Crippen LogP contribution < -0.4 is 5.32 Å². The minimum atomic E-state index is -0.419. The van der Waals surface area contributed by atoms with Crippen molar-refractivity contribution in [2.45, 2.75) is 39.1 Å². The highest BCUT2D eigenvalue weighted by atomic mass is 32.1. The lowest BCUT2D eigenvalue weighted by Crippen LogP contribution is -2.48. The van der Waals surface area contributed by atoms with Crippen LogP contribution in [0.4, 0.5) is 0 Å². The molecule has 2 rings (SSSR count). The maximum atomic E-state index is 5.59. The van der Waals surface area contributed by atoms with Crippen LogP contribution in [0.1, 0.15) is 23.6 Å². The maximum Gasteiger partial charge on any atom is 0.162 e. The second-order valence-electron chi connectivity index (χ2n) is 4.61. The Hall–Kier alpha value is -0.420. The second-order valence-corrected chi connectivity index (χ2v) is 5.98. The first-order valence-corrected chi connectivity index (χ1v) is 6.43. The minimum Gasteiger partial charge on any atom is -0.349 e. The summed E-state index contributed by atoms with van der Waals surface area (Å²) in [5.74, 6) is -0.419. The van der Waals surface area contributed by atoms with E-state index in [1.165, 1.54) is 9.75 Å². The van der Waals surface area contributed by atoms with Gasteiger partial charge in [0.05, 0.1) is 19.3 Å². The monoisotopic (exact) mass is 241 g/mol. The summed E-state index contributed by atoms with van der Waals surface area (Å²) in [5.41, 5.74) is 0. The summed E-state index contributed by atoms with van der Waals surface area (Å²) in [7, 11) is 0. The SMILES string of the molecule is Cc1ccc(CNC2COC(C)(C)OC2)s1. The number of thiophene rings is 1. The van der Waals surface area contributed by atoms with Gasteiger partial charge in [0, 0.05) is 16.3 Å². The van der Waals surface area contributed by atoms with Crippen molar-refractivity contribution in [3.63, 3.8) is 0 Å². The Morgan fingerprint density at radius 3 is 2.62 bits per heavy atom. The molecule has 0 radical (unpaired) electrons. The average Bonchev–Trinajstić information content (AvgIpc) is 2.63. The standard InChI is InChI=1S/C12H19NO2S/c1-9-4-5-11(16-9)6-13-10-7-14-12(2,3)15-8-10/h4-5,10,13H,6-8H2,1-3H3. The lowest BCUT2D eigenvalue weighted by atomic mass is 10.2. The highest BCUT2D eigenvalue weighted by Gasteiger charge is 2.27. The van der Waals surface area contributed by atoms with E-state index >= 15 is 0 Å². The van der Waals surface area contributed by atoms with Crippen LogP contribution in [0.15, 0.2) is 12.1 Å². The van der Waals surface area contributed by atoms with Gasteiger partial charge in [-0.25, -0.2) is 0 Å². The average molecular weight is 241 g/mol. The van der Waals surface area contributed by atoms with Crippen LogP contribution in [-0.4, -0.2) is 25.0 Å². The summed E-state index contributed by atoms with van der Waals surface area (Å²) in [6, 6.07) is 4.62. The lowest BCUT2D eigenvalue weighted by molar-refractivity contribution is -0.253. The number of hydrogen-bond donors (Lipinski definition) is 1. The molecular weight excluding hydrogens is 222 g/mol. The van der Waals surface area contributed by atoms with Gasteiger partial charge in [-0.05, 0) is 32.9 Å². The molecule has 1 saturated heterocycles. The van der Waals surface area contributed by atoms with E-state index in [4.69, 9.17) is 9.47 Å². The van der Waals surface area contributed by atoms with E-state index in [-0.39, 0.29) is 0 Å². The Labute approximate surface area is 101 Å². The summed E-state index contributed by atoms with van der Waals surface area (Å²) in [4.78, 5) is 2.72. The molecule has 0 saturated carbocycles. The van der Waals surface area contributed by atoms with E-state index in [0.717, 1.165) is 19.8 Å². The third-order valence-electron chi connectivity index (χ3n) is 2.63. The first kappa shape index (κ1) is 12.0. The van der Waals surface area contributed by atoms with Crippen LogP contribution in [0.5, 0.6) is 0 Å². The molecule has 1 aromatic rings. The van der Waals surface area contributed by atoms with Gasteiger partial charge < -0.3 is 14.8 Å². The van der Waals surface area contributed by atoms with Crippen molar-refractivity contribution in [2.75, 3.05) is 13.2 Å². The third kappa shape index (κ3) is 3.28. The summed E-state index contributed by atoms with van der Waals surface area (Å²) in [6.45, 7) is 8.37. The van der Waals surface area contributed by atoms with Crippen molar-refractivity contribution in [3.8, 4) is 0 Å². The van der Waals surface area contributed by atoms with Gasteiger partial charge in [0.15, 0.2) is 5.79 Å². The molecule has 1 aromatic heterocycles. The van der Waals surface area contributed by atoms with E-state index in [9.17, 15) is 0 Å². The van der Waals surface area contributed by atoms with Gasteiger partial charge in [-0.2, -0.15) is 0 Å². The molecular formula is C12H19NO2S. The number of ether oxygens (including phenoxy) is 2. The zero-order valence-corrected chi connectivity index (χ0v) is 10.9. The van der Waals surface area contributed by atoms with Crippen LogP contribution in [0, 0.1) is 6.92 Å². The van der Waals surface area contributed by atoms with Gasteiger partial charge in [0.25, 0.3) is 0 Å². The fraction of sp³-hybridized carbons (Fsp3) is 0.667.